The Morgan fingerprint density at radius 2 is 1.48 bits per heavy atom. The van der Waals surface area contributed by atoms with Gasteiger partial charge in [0.05, 0.1) is 9.82 Å². The molecule has 222 valence electrons. The molecule has 0 bridgehead atoms. The molecule has 0 unspecified atom stereocenters. The van der Waals surface area contributed by atoms with Gasteiger partial charge in [0.1, 0.15) is 10.6 Å². The molecule has 0 aliphatic heterocycles. The Morgan fingerprint density at radius 1 is 0.900 bits per heavy atom. The number of nitro groups is 1. The van der Waals surface area contributed by atoms with Gasteiger partial charge in [-0.05, 0) is 42.1 Å². The molecule has 0 fully saturated rings. The van der Waals surface area contributed by atoms with Crippen LogP contribution in [0.4, 0.5) is 55.3 Å². The fourth-order valence-corrected chi connectivity index (χ4v) is 5.62. The molecule has 0 saturated heterocycles. The van der Waals surface area contributed by atoms with E-state index in [4.69, 9.17) is 0 Å². The van der Waals surface area contributed by atoms with Crippen molar-refractivity contribution in [1.82, 2.24) is 0 Å². The van der Waals surface area contributed by atoms with Crippen LogP contribution in [-0.2, 0) is 24.5 Å². The number of amides is 1. The Kier molecular flexibility index (Phi) is 8.83. The van der Waals surface area contributed by atoms with Crippen molar-refractivity contribution < 1.29 is 70.5 Å². The summed E-state index contributed by atoms with van der Waals surface area (Å²) in [5.41, 5.74) is -8.15. The SMILES string of the molecule is O=C(CS(=O)(=O)c1ccc(S(=O)(=O)C(F)(F)F)cc1[N+](=O)[O-])Nc1cccc(SC(F)(F)C(F)(F)C(F)(F)F)c1. The molecule has 1 amide bonds. The third kappa shape index (κ3) is 6.77. The smallest absolute Gasteiger partial charge is 0.325 e. The number of carbonyl (C=O) groups is 1. The zero-order valence-corrected chi connectivity index (χ0v) is 21.0. The minimum Gasteiger partial charge on any atom is -0.325 e. The summed E-state index contributed by atoms with van der Waals surface area (Å²) >= 11 is -1.24. The Hall–Kier alpha value is -3.14. The molecule has 0 aliphatic rings. The monoisotopic (exact) mass is 652 g/mol. The highest BCUT2D eigenvalue weighted by atomic mass is 32.2. The quantitative estimate of drug-likeness (QED) is 0.169. The predicted octanol–water partition coefficient (Wildman–Crippen LogP) is 5.18. The second-order valence-corrected chi connectivity index (χ2v) is 12.4. The number of nitro benzene ring substituents is 1. The summed E-state index contributed by atoms with van der Waals surface area (Å²) in [6.07, 6.45) is -6.62. The fraction of sp³-hybridized carbons (Fsp3) is 0.278. The molecule has 1 N–H and O–H groups in total. The summed E-state index contributed by atoms with van der Waals surface area (Å²) in [6.45, 7) is 0. The topological polar surface area (TPSA) is 141 Å². The minimum atomic E-state index is -6.62. The lowest BCUT2D eigenvalue weighted by atomic mass is 10.3. The highest BCUT2D eigenvalue weighted by molar-refractivity contribution is 8.00. The number of carbonyl (C=O) groups excluding carboxylic acids is 1. The van der Waals surface area contributed by atoms with Crippen LogP contribution in [-0.4, -0.2) is 56.3 Å². The molecule has 22 heteroatoms. The number of benzene rings is 2. The summed E-state index contributed by atoms with van der Waals surface area (Å²) in [6, 6.07) is 2.79. The second kappa shape index (κ2) is 10.7. The first-order valence-electron chi connectivity index (χ1n) is 9.57. The highest BCUT2D eigenvalue weighted by Crippen LogP contribution is 2.54. The van der Waals surface area contributed by atoms with Gasteiger partial charge in [0.25, 0.3) is 15.5 Å². The lowest BCUT2D eigenvalue weighted by Crippen LogP contribution is -2.49. The van der Waals surface area contributed by atoms with Crippen molar-refractivity contribution in [2.24, 2.45) is 0 Å². The number of sulfone groups is 2. The van der Waals surface area contributed by atoms with E-state index in [-0.39, 0.29) is 18.2 Å². The maximum absolute atomic E-state index is 13.6. The van der Waals surface area contributed by atoms with Gasteiger partial charge < -0.3 is 5.32 Å². The van der Waals surface area contributed by atoms with E-state index in [1.807, 2.05) is 0 Å². The Labute approximate surface area is 220 Å². The standard InChI is InChI=1S/C18H10F10N2O7S3/c19-15(20,16(21,22)23)17(24,25)38-10-3-1-2-9(6-10)29-14(31)8-39(34,35)13-5-4-11(7-12(13)30(32)33)40(36,37)18(26,27)28/h1-7H,8H2,(H,29,31). The van der Waals surface area contributed by atoms with Crippen molar-refractivity contribution in [2.45, 2.75) is 37.5 Å². The minimum absolute atomic E-state index is 0.0816. The van der Waals surface area contributed by atoms with Crippen molar-refractivity contribution in [3.05, 3.63) is 52.6 Å². The summed E-state index contributed by atoms with van der Waals surface area (Å²) in [7, 11) is -11.2. The van der Waals surface area contributed by atoms with Crippen LogP contribution in [0.3, 0.4) is 0 Å². The predicted molar refractivity (Wildman–Crippen MR) is 115 cm³/mol. The molecule has 0 heterocycles. The van der Waals surface area contributed by atoms with Crippen LogP contribution in [0.25, 0.3) is 0 Å². The van der Waals surface area contributed by atoms with E-state index >= 15 is 0 Å². The average Bonchev–Trinajstić information content (AvgIpc) is 2.76. The fourth-order valence-electron chi connectivity index (χ4n) is 2.67. The third-order valence-electron chi connectivity index (χ3n) is 4.48. The second-order valence-electron chi connectivity index (χ2n) is 7.36. The lowest BCUT2D eigenvalue weighted by Gasteiger charge is -2.27. The molecule has 0 radical (unpaired) electrons. The van der Waals surface area contributed by atoms with Gasteiger partial charge in [-0.1, -0.05) is 6.07 Å². The Bertz CT molecular complexity index is 1540. The number of thioether (sulfide) groups is 1. The number of alkyl halides is 10. The van der Waals surface area contributed by atoms with Crippen LogP contribution < -0.4 is 5.32 Å². The van der Waals surface area contributed by atoms with Crippen LogP contribution in [0.1, 0.15) is 0 Å². The molecule has 0 atom stereocenters. The molecule has 9 nitrogen and oxygen atoms in total. The molecule has 2 aromatic carbocycles. The van der Waals surface area contributed by atoms with E-state index in [1.165, 1.54) is 0 Å². The number of nitrogens with zero attached hydrogens (tertiary/aromatic N) is 1. The lowest BCUT2D eigenvalue weighted by molar-refractivity contribution is -0.388. The van der Waals surface area contributed by atoms with E-state index in [0.717, 1.165) is 12.1 Å². The maximum atomic E-state index is 13.6. The molecule has 0 saturated carbocycles. The molecule has 2 aromatic rings. The highest BCUT2D eigenvalue weighted by Gasteiger charge is 2.73. The van der Waals surface area contributed by atoms with E-state index in [0.29, 0.717) is 12.1 Å². The van der Waals surface area contributed by atoms with E-state index in [1.54, 1.807) is 5.32 Å². The normalized spacial score (nSPS) is 13.7. The summed E-state index contributed by atoms with van der Waals surface area (Å²) in [5, 5.41) is 7.28. The van der Waals surface area contributed by atoms with Crippen molar-refractivity contribution in [2.75, 3.05) is 11.1 Å². The third-order valence-corrected chi connectivity index (χ3v) is 8.63. The molecule has 0 spiro atoms. The largest absolute Gasteiger partial charge is 0.501 e. The van der Waals surface area contributed by atoms with E-state index < -0.39 is 96.9 Å². The number of halogens is 10. The van der Waals surface area contributed by atoms with Gasteiger partial charge in [-0.15, -0.1) is 0 Å². The van der Waals surface area contributed by atoms with Crippen LogP contribution in [0, 0.1) is 10.1 Å². The number of rotatable bonds is 9. The first-order valence-corrected chi connectivity index (χ1v) is 13.5. The molecular weight excluding hydrogens is 642 g/mol. The first kappa shape index (κ1) is 33.1. The van der Waals surface area contributed by atoms with Gasteiger partial charge >= 0.3 is 22.9 Å². The molecule has 40 heavy (non-hydrogen) atoms. The maximum Gasteiger partial charge on any atom is 0.501 e. The number of anilines is 1. The van der Waals surface area contributed by atoms with Gasteiger partial charge in [-0.3, -0.25) is 14.9 Å². The van der Waals surface area contributed by atoms with Crippen LogP contribution in [0.5, 0.6) is 0 Å². The van der Waals surface area contributed by atoms with Gasteiger partial charge in [0.15, 0.2) is 9.84 Å². The van der Waals surface area contributed by atoms with Gasteiger partial charge in [0.2, 0.25) is 5.91 Å². The average molecular weight is 652 g/mol. The van der Waals surface area contributed by atoms with Crippen molar-refractivity contribution in [3.63, 3.8) is 0 Å². The first-order chi connectivity index (χ1) is 17.8. The molecular formula is C18H10F10N2O7S3. The Morgan fingerprint density at radius 3 is 1.98 bits per heavy atom. The number of hydrogen-bond donors (Lipinski definition) is 1. The van der Waals surface area contributed by atoms with Gasteiger partial charge in [-0.25, -0.2) is 16.8 Å². The zero-order valence-electron chi connectivity index (χ0n) is 18.6. The summed E-state index contributed by atoms with van der Waals surface area (Å²) in [5.74, 6) is -9.74. The van der Waals surface area contributed by atoms with Crippen molar-refractivity contribution >= 4 is 48.7 Å². The Balaban J connectivity index is 2.32. The summed E-state index contributed by atoms with van der Waals surface area (Å²) < 4.78 is 177. The number of nitrogens with one attached hydrogen (secondary N) is 1. The van der Waals surface area contributed by atoms with Gasteiger partial charge in [0, 0.05) is 16.6 Å². The molecule has 0 aromatic heterocycles. The van der Waals surface area contributed by atoms with Crippen molar-refractivity contribution in [1.29, 1.82) is 0 Å². The van der Waals surface area contributed by atoms with Crippen LogP contribution >= 0.6 is 11.8 Å². The van der Waals surface area contributed by atoms with Gasteiger partial charge in [-0.2, -0.15) is 43.9 Å². The van der Waals surface area contributed by atoms with Crippen LogP contribution in [0.2, 0.25) is 0 Å². The molecule has 2 rings (SSSR count). The molecule has 0 aliphatic carbocycles. The number of hydrogen-bond acceptors (Lipinski definition) is 8. The van der Waals surface area contributed by atoms with Crippen LogP contribution in [0.15, 0.2) is 57.2 Å². The van der Waals surface area contributed by atoms with E-state index in [9.17, 15) is 75.6 Å². The van der Waals surface area contributed by atoms with Crippen molar-refractivity contribution in [3.8, 4) is 0 Å². The zero-order chi connectivity index (χ0) is 31.1. The van der Waals surface area contributed by atoms with E-state index in [2.05, 4.69) is 0 Å². The summed E-state index contributed by atoms with van der Waals surface area (Å²) in [4.78, 5) is 17.9.